The molecule has 0 atom stereocenters. The van der Waals surface area contributed by atoms with Crippen LogP contribution in [0.3, 0.4) is 0 Å². The number of aryl methyl sites for hydroxylation is 2. The van der Waals surface area contributed by atoms with E-state index in [4.69, 9.17) is 5.10 Å². The highest BCUT2D eigenvalue weighted by molar-refractivity contribution is 5.92. The first-order chi connectivity index (χ1) is 28.6. The van der Waals surface area contributed by atoms with Crippen LogP contribution in [-0.4, -0.2) is 103 Å². The van der Waals surface area contributed by atoms with Gasteiger partial charge in [0.15, 0.2) is 17.3 Å². The van der Waals surface area contributed by atoms with Gasteiger partial charge in [0.2, 0.25) is 5.91 Å². The molecule has 7 heterocycles. The van der Waals surface area contributed by atoms with Gasteiger partial charge in [0.25, 0.3) is 12.3 Å². The van der Waals surface area contributed by atoms with Crippen LogP contribution in [0.25, 0.3) is 11.1 Å². The number of aromatic nitrogens is 6. The van der Waals surface area contributed by atoms with Crippen molar-refractivity contribution in [1.29, 1.82) is 0 Å². The third-order valence-corrected chi connectivity index (χ3v) is 14.6. The number of nitrogens with one attached hydrogen (secondary N) is 1. The number of benzene rings is 1. The highest BCUT2D eigenvalue weighted by atomic mass is 19.3. The number of amides is 2. The molecule has 4 aliphatic heterocycles. The van der Waals surface area contributed by atoms with E-state index in [2.05, 4.69) is 67.7 Å². The van der Waals surface area contributed by atoms with Crippen LogP contribution in [0, 0.1) is 22.2 Å². The second-order valence-corrected chi connectivity index (χ2v) is 20.3. The number of anilines is 3. The van der Waals surface area contributed by atoms with Gasteiger partial charge in [-0.2, -0.15) is 10.2 Å². The number of fused-ring (bicyclic) bond motifs is 2. The van der Waals surface area contributed by atoms with Gasteiger partial charge in [-0.15, -0.1) is 10.2 Å². The van der Waals surface area contributed by atoms with Crippen molar-refractivity contribution in [3.63, 3.8) is 0 Å². The lowest BCUT2D eigenvalue weighted by molar-refractivity contribution is -0.129. The molecular weight excluding hydrogens is 765 g/mol. The van der Waals surface area contributed by atoms with E-state index >= 15 is 0 Å². The topological polar surface area (TPSA) is 121 Å². The summed E-state index contributed by atoms with van der Waals surface area (Å²) in [4.78, 5) is 34.5. The Morgan fingerprint density at radius 2 is 1.77 bits per heavy atom. The zero-order valence-electron chi connectivity index (χ0n) is 35.7. The average molecular weight is 822 g/mol. The molecule has 2 saturated heterocycles. The maximum Gasteiger partial charge on any atom is 0.272 e. The Labute approximate surface area is 350 Å². The summed E-state index contributed by atoms with van der Waals surface area (Å²) in [6, 6.07) is 7.70. The molecule has 2 aliphatic carbocycles. The molecule has 318 valence electrons. The number of alkyl halides is 2. The normalized spacial score (nSPS) is 22.2. The van der Waals surface area contributed by atoms with Crippen molar-refractivity contribution < 1.29 is 18.4 Å². The van der Waals surface area contributed by atoms with Crippen LogP contribution in [0.5, 0.6) is 0 Å². The molecule has 3 aromatic heterocycles. The van der Waals surface area contributed by atoms with E-state index in [1.54, 1.807) is 43.2 Å². The maximum absolute atomic E-state index is 14.7. The molecule has 4 aromatic rings. The highest BCUT2D eigenvalue weighted by Gasteiger charge is 2.55. The number of carbonyl (C=O) groups is 2. The average Bonchev–Trinajstić information content (AvgIpc) is 3.76. The second kappa shape index (κ2) is 14.1. The van der Waals surface area contributed by atoms with Crippen LogP contribution in [0.4, 0.5) is 26.1 Å². The predicted molar refractivity (Wildman–Crippen MR) is 224 cm³/mol. The van der Waals surface area contributed by atoms with Gasteiger partial charge in [0, 0.05) is 112 Å². The van der Waals surface area contributed by atoms with E-state index in [0.717, 1.165) is 99.7 Å². The number of hydrogen-bond acceptors (Lipinski definition) is 9. The number of hydrogen-bond donors (Lipinski definition) is 1. The number of carbonyl (C=O) groups excluding carboxylic acids is 2. The van der Waals surface area contributed by atoms with Gasteiger partial charge in [-0.25, -0.2) is 8.78 Å². The second-order valence-electron chi connectivity index (χ2n) is 20.3. The lowest BCUT2D eigenvalue weighted by Gasteiger charge is -2.60. The minimum Gasteiger partial charge on any atom is -0.354 e. The first-order valence-electron chi connectivity index (χ1n) is 21.8. The number of rotatable bonds is 9. The fraction of sp³-hybridized carbons (Fsp3) is 0.600. The van der Waals surface area contributed by atoms with E-state index in [1.165, 1.54) is 5.69 Å². The molecule has 6 aliphatic rings. The molecule has 0 unspecified atom stereocenters. The van der Waals surface area contributed by atoms with Crippen molar-refractivity contribution in [3.8, 4) is 11.1 Å². The third kappa shape index (κ3) is 6.66. The number of likely N-dealkylation sites (tertiary alicyclic amines) is 1. The largest absolute Gasteiger partial charge is 0.354 e. The number of nitrogens with zero attached hydrogens (tertiary/aromatic N) is 10. The Morgan fingerprint density at radius 1 is 1.00 bits per heavy atom. The first kappa shape index (κ1) is 39.2. The predicted octanol–water partition coefficient (Wildman–Crippen LogP) is 6.33. The summed E-state index contributed by atoms with van der Waals surface area (Å²) in [6.45, 7) is 17.3. The summed E-state index contributed by atoms with van der Waals surface area (Å²) in [5, 5.41) is 21.5. The van der Waals surface area contributed by atoms with Crippen LogP contribution in [-0.2, 0) is 31.2 Å². The molecule has 0 bridgehead atoms. The highest BCUT2D eigenvalue weighted by Crippen LogP contribution is 2.56. The van der Waals surface area contributed by atoms with E-state index in [9.17, 15) is 18.4 Å². The molecule has 10 rings (SSSR count). The van der Waals surface area contributed by atoms with Gasteiger partial charge in [0.1, 0.15) is 0 Å². The molecule has 13 nitrogen and oxygen atoms in total. The molecule has 0 radical (unpaired) electrons. The van der Waals surface area contributed by atoms with Crippen molar-refractivity contribution in [1.82, 2.24) is 44.9 Å². The van der Waals surface area contributed by atoms with Crippen molar-refractivity contribution in [2.75, 3.05) is 55.6 Å². The first-order valence-corrected chi connectivity index (χ1v) is 21.8. The van der Waals surface area contributed by atoms with Gasteiger partial charge < -0.3 is 24.9 Å². The van der Waals surface area contributed by atoms with Crippen molar-refractivity contribution in [2.24, 2.45) is 29.2 Å². The molecule has 60 heavy (non-hydrogen) atoms. The fourth-order valence-corrected chi connectivity index (χ4v) is 12.2. The van der Waals surface area contributed by atoms with Crippen molar-refractivity contribution in [3.05, 3.63) is 64.7 Å². The Morgan fingerprint density at radius 3 is 2.42 bits per heavy atom. The van der Waals surface area contributed by atoms with E-state index in [0.29, 0.717) is 47.8 Å². The lowest BCUT2D eigenvalue weighted by Crippen LogP contribution is -2.65. The van der Waals surface area contributed by atoms with Crippen LogP contribution >= 0.6 is 0 Å². The van der Waals surface area contributed by atoms with Gasteiger partial charge in [-0.05, 0) is 83.7 Å². The molecule has 1 aromatic carbocycles. The molecule has 2 amide bonds. The van der Waals surface area contributed by atoms with E-state index < -0.39 is 6.43 Å². The monoisotopic (exact) mass is 821 g/mol. The summed E-state index contributed by atoms with van der Waals surface area (Å²) in [7, 11) is 1.79. The Bertz CT molecular complexity index is 2320. The quantitative estimate of drug-likeness (QED) is 0.207. The van der Waals surface area contributed by atoms with Crippen LogP contribution in [0.2, 0.25) is 0 Å². The lowest BCUT2D eigenvalue weighted by atomic mass is 9.52. The molecule has 1 spiro atoms. The third-order valence-electron chi connectivity index (χ3n) is 14.6. The minimum atomic E-state index is -2.64. The molecule has 4 fully saturated rings. The van der Waals surface area contributed by atoms with Crippen molar-refractivity contribution >= 4 is 29.1 Å². The summed E-state index contributed by atoms with van der Waals surface area (Å²) in [5.74, 6) is 2.07. The fourth-order valence-electron chi connectivity index (χ4n) is 12.2. The summed E-state index contributed by atoms with van der Waals surface area (Å²) in [6.07, 6.45) is 6.40. The van der Waals surface area contributed by atoms with Crippen LogP contribution in [0.15, 0.2) is 36.7 Å². The van der Waals surface area contributed by atoms with Gasteiger partial charge in [0.05, 0.1) is 18.8 Å². The SMILES string of the molecule is CC(=O)N1CCc2c(c(N3CCCc4cc(-c5cnn(C)c5)c(C(F)F)cc43)nn2C2CC3(C2)CN(CC2CN(c4ccc(C(=O)NC5C(C)(C)CC5(C)C)nn4)C2)C3)C1. The van der Waals surface area contributed by atoms with Crippen molar-refractivity contribution in [2.45, 2.75) is 98.2 Å². The maximum atomic E-state index is 14.7. The molecule has 1 N–H and O–H groups in total. The molecular formula is C45H57F2N11O2. The number of halogens is 2. The zero-order valence-corrected chi connectivity index (χ0v) is 35.7. The summed E-state index contributed by atoms with van der Waals surface area (Å²) >= 11 is 0. The summed E-state index contributed by atoms with van der Waals surface area (Å²) in [5.41, 5.74) is 6.06. The van der Waals surface area contributed by atoms with Gasteiger partial charge >= 0.3 is 0 Å². The van der Waals surface area contributed by atoms with E-state index in [-0.39, 0.29) is 40.3 Å². The van der Waals surface area contributed by atoms with Gasteiger partial charge in [-0.3, -0.25) is 19.0 Å². The van der Waals surface area contributed by atoms with E-state index in [1.807, 2.05) is 17.0 Å². The Kier molecular flexibility index (Phi) is 9.20. The smallest absolute Gasteiger partial charge is 0.272 e. The Balaban J connectivity index is 0.780. The van der Waals surface area contributed by atoms with Crippen LogP contribution < -0.4 is 15.1 Å². The summed E-state index contributed by atoms with van der Waals surface area (Å²) < 4.78 is 33.3. The molecule has 15 heteroatoms. The Hall–Kier alpha value is -4.92. The standard InChI is InChI=1S/C45H57F2N11O2/c1-27(59)55-13-11-36-34(23-55)40(57-12-7-8-29-14-32(30-18-48-53(6)22-30)33(39(46)47)15-37(29)57)52-58(36)31-16-45(17-31)25-54(26-45)19-28-20-56(21-28)38-10-9-35(50-51-38)41(60)49-42-43(2,3)24-44(42,4)5/h9-10,14-15,18,22,28,31,39,42H,7-8,11-13,16-17,19-21,23-26H2,1-6H3,(H,49,60). The minimum absolute atomic E-state index is 0.00139. The zero-order chi connectivity index (χ0) is 41.9. The molecule has 2 saturated carbocycles. The van der Waals surface area contributed by atoms with Gasteiger partial charge in [-0.1, -0.05) is 27.7 Å². The van der Waals surface area contributed by atoms with Crippen LogP contribution in [0.1, 0.15) is 106 Å².